The number of fused-ring (bicyclic) bond motifs is 1. The largest absolute Gasteiger partial charge is 0.361 e. The molecule has 18 heavy (non-hydrogen) atoms. The second-order valence-electron chi connectivity index (χ2n) is 5.17. The molecule has 1 fully saturated rings. The fraction of sp³-hybridized carbons (Fsp3) is 0.467. The minimum absolute atomic E-state index is 1.07. The topological polar surface area (TPSA) is 19.0 Å². The SMILES string of the molecule is Brc1cccc2[nH]cc(CN3CCCCCC3)c12. The number of halogens is 1. The minimum atomic E-state index is 1.07. The van der Waals surface area contributed by atoms with Crippen molar-refractivity contribution in [2.75, 3.05) is 13.1 Å². The molecule has 1 N–H and O–H groups in total. The average molecular weight is 307 g/mol. The zero-order chi connectivity index (χ0) is 12.4. The van der Waals surface area contributed by atoms with E-state index in [2.05, 4.69) is 50.2 Å². The molecule has 0 amide bonds. The van der Waals surface area contributed by atoms with Gasteiger partial charge in [0.05, 0.1) is 0 Å². The molecule has 1 aliphatic heterocycles. The maximum absolute atomic E-state index is 3.67. The fourth-order valence-corrected chi connectivity index (χ4v) is 3.49. The summed E-state index contributed by atoms with van der Waals surface area (Å²) in [5.41, 5.74) is 2.65. The molecule has 0 radical (unpaired) electrons. The summed E-state index contributed by atoms with van der Waals surface area (Å²) in [6, 6.07) is 6.35. The van der Waals surface area contributed by atoms with Crippen LogP contribution < -0.4 is 0 Å². The van der Waals surface area contributed by atoms with Crippen LogP contribution in [0.15, 0.2) is 28.9 Å². The number of likely N-dealkylation sites (tertiary alicyclic amines) is 1. The highest BCUT2D eigenvalue weighted by molar-refractivity contribution is 9.10. The number of nitrogens with one attached hydrogen (secondary N) is 1. The number of hydrogen-bond acceptors (Lipinski definition) is 1. The van der Waals surface area contributed by atoms with Gasteiger partial charge in [0, 0.05) is 28.1 Å². The van der Waals surface area contributed by atoms with Crippen LogP contribution in [0.3, 0.4) is 0 Å². The number of benzene rings is 1. The summed E-state index contributed by atoms with van der Waals surface area (Å²) in [7, 11) is 0. The lowest BCUT2D eigenvalue weighted by atomic mass is 10.1. The standard InChI is InChI=1S/C15H19BrN2/c16-13-6-5-7-14-15(13)12(10-17-14)11-18-8-3-1-2-4-9-18/h5-7,10,17H,1-4,8-9,11H2. The first-order chi connectivity index (χ1) is 8.84. The summed E-state index contributed by atoms with van der Waals surface area (Å²) in [6.07, 6.45) is 7.66. The van der Waals surface area contributed by atoms with Crippen molar-refractivity contribution in [3.8, 4) is 0 Å². The second-order valence-corrected chi connectivity index (χ2v) is 6.02. The van der Waals surface area contributed by atoms with Crippen molar-refractivity contribution in [2.45, 2.75) is 32.2 Å². The molecular weight excluding hydrogens is 288 g/mol. The highest BCUT2D eigenvalue weighted by Crippen LogP contribution is 2.28. The molecule has 2 heterocycles. The van der Waals surface area contributed by atoms with Gasteiger partial charge in [0.25, 0.3) is 0 Å². The third kappa shape index (κ3) is 2.47. The van der Waals surface area contributed by atoms with Crippen molar-refractivity contribution in [2.24, 2.45) is 0 Å². The van der Waals surface area contributed by atoms with Crippen molar-refractivity contribution in [3.63, 3.8) is 0 Å². The molecule has 1 aliphatic rings. The normalized spacial score (nSPS) is 18.1. The van der Waals surface area contributed by atoms with Crippen LogP contribution in [-0.4, -0.2) is 23.0 Å². The van der Waals surface area contributed by atoms with E-state index in [0.717, 1.165) is 6.54 Å². The van der Waals surface area contributed by atoms with Crippen LogP contribution in [0.5, 0.6) is 0 Å². The molecule has 2 aromatic rings. The molecule has 1 aromatic carbocycles. The van der Waals surface area contributed by atoms with Crippen LogP contribution in [0, 0.1) is 0 Å². The van der Waals surface area contributed by atoms with Crippen LogP contribution in [0.4, 0.5) is 0 Å². The maximum Gasteiger partial charge on any atom is 0.0468 e. The Hall–Kier alpha value is -0.800. The second kappa shape index (κ2) is 5.45. The van der Waals surface area contributed by atoms with Crippen molar-refractivity contribution in [3.05, 3.63) is 34.4 Å². The number of nitrogens with zero attached hydrogens (tertiary/aromatic N) is 1. The number of rotatable bonds is 2. The van der Waals surface area contributed by atoms with E-state index in [9.17, 15) is 0 Å². The van der Waals surface area contributed by atoms with Crippen molar-refractivity contribution < 1.29 is 0 Å². The Labute approximate surface area is 116 Å². The van der Waals surface area contributed by atoms with E-state index >= 15 is 0 Å². The summed E-state index contributed by atoms with van der Waals surface area (Å²) in [5, 5.41) is 1.35. The van der Waals surface area contributed by atoms with E-state index in [1.807, 2.05) is 0 Å². The fourth-order valence-electron chi connectivity index (χ4n) is 2.87. The Bertz CT molecular complexity index is 524. The first-order valence-electron chi connectivity index (χ1n) is 6.81. The van der Waals surface area contributed by atoms with E-state index in [1.54, 1.807) is 0 Å². The lowest BCUT2D eigenvalue weighted by Gasteiger charge is -2.19. The van der Waals surface area contributed by atoms with Crippen molar-refractivity contribution in [1.82, 2.24) is 9.88 Å². The number of H-pyrrole nitrogens is 1. The molecule has 0 saturated carbocycles. The van der Waals surface area contributed by atoms with Gasteiger partial charge in [-0.2, -0.15) is 0 Å². The maximum atomic E-state index is 3.67. The molecule has 1 aromatic heterocycles. The van der Waals surface area contributed by atoms with Gasteiger partial charge in [-0.3, -0.25) is 4.90 Å². The Morgan fingerprint density at radius 3 is 2.67 bits per heavy atom. The highest BCUT2D eigenvalue weighted by atomic mass is 79.9. The summed E-state index contributed by atoms with van der Waals surface area (Å²) < 4.78 is 1.20. The van der Waals surface area contributed by atoms with Crippen LogP contribution in [0.1, 0.15) is 31.2 Å². The molecule has 96 valence electrons. The van der Waals surface area contributed by atoms with Gasteiger partial charge < -0.3 is 4.98 Å². The van der Waals surface area contributed by atoms with E-state index in [1.165, 1.54) is 59.7 Å². The number of aromatic amines is 1. The molecule has 0 aliphatic carbocycles. The Kier molecular flexibility index (Phi) is 3.71. The van der Waals surface area contributed by atoms with Crippen LogP contribution >= 0.6 is 15.9 Å². The Morgan fingerprint density at radius 2 is 1.89 bits per heavy atom. The summed E-state index contributed by atoms with van der Waals surface area (Å²) in [5.74, 6) is 0. The van der Waals surface area contributed by atoms with Crippen LogP contribution in [0.25, 0.3) is 10.9 Å². The number of hydrogen-bond donors (Lipinski definition) is 1. The minimum Gasteiger partial charge on any atom is -0.361 e. The summed E-state index contributed by atoms with van der Waals surface area (Å²) in [6.45, 7) is 3.57. The van der Waals surface area contributed by atoms with Gasteiger partial charge in [-0.15, -0.1) is 0 Å². The molecule has 3 heteroatoms. The summed E-state index contributed by atoms with van der Waals surface area (Å²) in [4.78, 5) is 5.97. The van der Waals surface area contributed by atoms with Crippen LogP contribution in [-0.2, 0) is 6.54 Å². The predicted molar refractivity (Wildman–Crippen MR) is 79.7 cm³/mol. The third-order valence-corrected chi connectivity index (χ3v) is 4.49. The first-order valence-corrected chi connectivity index (χ1v) is 7.61. The van der Waals surface area contributed by atoms with Gasteiger partial charge in [0.2, 0.25) is 0 Å². The predicted octanol–water partition coefficient (Wildman–Crippen LogP) is 4.31. The zero-order valence-corrected chi connectivity index (χ0v) is 12.2. The molecule has 0 bridgehead atoms. The number of aromatic nitrogens is 1. The third-order valence-electron chi connectivity index (χ3n) is 3.83. The molecule has 2 nitrogen and oxygen atoms in total. The molecular formula is C15H19BrN2. The van der Waals surface area contributed by atoms with Gasteiger partial charge in [-0.25, -0.2) is 0 Å². The van der Waals surface area contributed by atoms with Crippen LogP contribution in [0.2, 0.25) is 0 Å². The molecule has 0 spiro atoms. The Balaban J connectivity index is 1.85. The first kappa shape index (κ1) is 12.2. The van der Waals surface area contributed by atoms with Gasteiger partial charge >= 0.3 is 0 Å². The molecule has 1 saturated heterocycles. The quantitative estimate of drug-likeness (QED) is 0.876. The Morgan fingerprint density at radius 1 is 1.11 bits per heavy atom. The van der Waals surface area contributed by atoms with Gasteiger partial charge in [0.15, 0.2) is 0 Å². The molecule has 0 atom stereocenters. The monoisotopic (exact) mass is 306 g/mol. The van der Waals surface area contributed by atoms with E-state index in [-0.39, 0.29) is 0 Å². The average Bonchev–Trinajstić information content (AvgIpc) is 2.60. The van der Waals surface area contributed by atoms with E-state index in [4.69, 9.17) is 0 Å². The molecule has 3 rings (SSSR count). The van der Waals surface area contributed by atoms with E-state index < -0.39 is 0 Å². The smallest absolute Gasteiger partial charge is 0.0468 e. The van der Waals surface area contributed by atoms with Gasteiger partial charge in [-0.1, -0.05) is 34.8 Å². The summed E-state index contributed by atoms with van der Waals surface area (Å²) >= 11 is 3.67. The lowest BCUT2D eigenvalue weighted by Crippen LogP contribution is -2.23. The molecule has 0 unspecified atom stereocenters. The van der Waals surface area contributed by atoms with Gasteiger partial charge in [-0.05, 0) is 43.6 Å². The lowest BCUT2D eigenvalue weighted by molar-refractivity contribution is 0.278. The highest BCUT2D eigenvalue weighted by Gasteiger charge is 2.13. The van der Waals surface area contributed by atoms with Crippen molar-refractivity contribution >= 4 is 26.8 Å². The van der Waals surface area contributed by atoms with Gasteiger partial charge in [0.1, 0.15) is 0 Å². The zero-order valence-electron chi connectivity index (χ0n) is 10.6. The van der Waals surface area contributed by atoms with Crippen molar-refractivity contribution in [1.29, 1.82) is 0 Å². The van der Waals surface area contributed by atoms with E-state index in [0.29, 0.717) is 0 Å².